The van der Waals surface area contributed by atoms with Crippen LogP contribution in [-0.2, 0) is 10.0 Å². The molecule has 0 spiro atoms. The van der Waals surface area contributed by atoms with Crippen LogP contribution in [0.2, 0.25) is 0 Å². The Morgan fingerprint density at radius 3 is 2.74 bits per heavy atom. The number of amidine groups is 1. The van der Waals surface area contributed by atoms with Gasteiger partial charge in [-0.15, -0.1) is 0 Å². The van der Waals surface area contributed by atoms with Gasteiger partial charge in [0.05, 0.1) is 4.90 Å². The lowest BCUT2D eigenvalue weighted by Gasteiger charge is -2.23. The fourth-order valence-electron chi connectivity index (χ4n) is 1.50. The molecule has 106 valence electrons. The highest BCUT2D eigenvalue weighted by Crippen LogP contribution is 2.21. The molecule has 0 heterocycles. The molecule has 0 radical (unpaired) electrons. The number of nitrogens with two attached hydrogens (primary N) is 1. The maximum absolute atomic E-state index is 12.4. The highest BCUT2D eigenvalue weighted by atomic mass is 79.9. The highest BCUT2D eigenvalue weighted by Gasteiger charge is 2.26. The second-order valence-corrected chi connectivity index (χ2v) is 7.04. The number of halogens is 1. The first-order valence-corrected chi connectivity index (χ1v) is 7.72. The Bertz CT molecular complexity index is 574. The Hall–Kier alpha value is -1.12. The van der Waals surface area contributed by atoms with E-state index in [-0.39, 0.29) is 17.2 Å². The van der Waals surface area contributed by atoms with Crippen molar-refractivity contribution in [2.45, 2.75) is 24.3 Å². The lowest BCUT2D eigenvalue weighted by atomic mass is 10.2. The van der Waals surface area contributed by atoms with Crippen LogP contribution in [0.15, 0.2) is 38.8 Å². The van der Waals surface area contributed by atoms with E-state index in [0.29, 0.717) is 4.47 Å². The zero-order chi connectivity index (χ0) is 14.6. The van der Waals surface area contributed by atoms with Gasteiger partial charge in [-0.2, -0.15) is 4.31 Å². The molecule has 0 amide bonds. The van der Waals surface area contributed by atoms with Gasteiger partial charge in [0.1, 0.15) is 5.84 Å². The number of sulfonamides is 1. The minimum Gasteiger partial charge on any atom is -0.409 e. The summed E-state index contributed by atoms with van der Waals surface area (Å²) in [6, 6.07) is 6.03. The van der Waals surface area contributed by atoms with Gasteiger partial charge in [-0.05, 0) is 25.1 Å². The van der Waals surface area contributed by atoms with Gasteiger partial charge < -0.3 is 10.9 Å². The fraction of sp³-hybridized carbons (Fsp3) is 0.364. The third kappa shape index (κ3) is 3.92. The summed E-state index contributed by atoms with van der Waals surface area (Å²) in [6.45, 7) is 1.69. The van der Waals surface area contributed by atoms with Crippen molar-refractivity contribution in [3.8, 4) is 0 Å². The van der Waals surface area contributed by atoms with Crippen LogP contribution < -0.4 is 5.73 Å². The maximum Gasteiger partial charge on any atom is 0.243 e. The van der Waals surface area contributed by atoms with Crippen molar-refractivity contribution >= 4 is 31.8 Å². The number of hydrogen-bond donors (Lipinski definition) is 2. The Morgan fingerprint density at radius 1 is 1.58 bits per heavy atom. The Balaban J connectivity index is 3.00. The summed E-state index contributed by atoms with van der Waals surface area (Å²) in [4.78, 5) is 0.190. The van der Waals surface area contributed by atoms with Gasteiger partial charge in [-0.25, -0.2) is 8.42 Å². The summed E-state index contributed by atoms with van der Waals surface area (Å²) in [5.74, 6) is -0.0104. The van der Waals surface area contributed by atoms with Crippen LogP contribution in [0.4, 0.5) is 0 Å². The molecule has 1 rings (SSSR count). The summed E-state index contributed by atoms with van der Waals surface area (Å²) in [6.07, 6.45) is 0.153. The van der Waals surface area contributed by atoms with Gasteiger partial charge in [0.2, 0.25) is 10.0 Å². The van der Waals surface area contributed by atoms with Crippen LogP contribution >= 0.6 is 15.9 Å². The zero-order valence-corrected chi connectivity index (χ0v) is 13.0. The molecule has 6 nitrogen and oxygen atoms in total. The van der Waals surface area contributed by atoms with E-state index < -0.39 is 16.1 Å². The molecule has 0 saturated carbocycles. The second kappa shape index (κ2) is 6.36. The van der Waals surface area contributed by atoms with Gasteiger partial charge >= 0.3 is 0 Å². The third-order valence-electron chi connectivity index (χ3n) is 2.73. The first-order chi connectivity index (χ1) is 8.78. The minimum atomic E-state index is -3.60. The van der Waals surface area contributed by atoms with Gasteiger partial charge in [-0.3, -0.25) is 0 Å². The second-order valence-electron chi connectivity index (χ2n) is 4.12. The molecule has 0 saturated heterocycles. The Labute approximate surface area is 121 Å². The van der Waals surface area contributed by atoms with Crippen molar-refractivity contribution in [3.63, 3.8) is 0 Å². The van der Waals surface area contributed by atoms with E-state index in [1.807, 2.05) is 0 Å². The molecule has 3 N–H and O–H groups in total. The molecule has 0 aliphatic rings. The molecule has 1 atom stereocenters. The van der Waals surface area contributed by atoms with Crippen molar-refractivity contribution in [2.75, 3.05) is 7.05 Å². The van der Waals surface area contributed by atoms with E-state index in [1.54, 1.807) is 19.1 Å². The van der Waals surface area contributed by atoms with Crippen LogP contribution in [0.3, 0.4) is 0 Å². The SMILES string of the molecule is CC(CC(N)=NO)N(C)S(=O)(=O)c1cccc(Br)c1. The van der Waals surface area contributed by atoms with Crippen molar-refractivity contribution in [2.24, 2.45) is 10.9 Å². The topological polar surface area (TPSA) is 96.0 Å². The number of nitrogens with zero attached hydrogens (tertiary/aromatic N) is 2. The predicted molar refractivity (Wildman–Crippen MR) is 76.6 cm³/mol. The summed E-state index contributed by atoms with van der Waals surface area (Å²) in [7, 11) is -2.14. The first kappa shape index (κ1) is 15.9. The molecule has 0 aliphatic heterocycles. The van der Waals surface area contributed by atoms with Gasteiger partial charge in [0, 0.05) is 24.0 Å². The predicted octanol–water partition coefficient (Wildman–Crippen LogP) is 1.59. The summed E-state index contributed by atoms with van der Waals surface area (Å²) >= 11 is 3.24. The lowest BCUT2D eigenvalue weighted by molar-refractivity contribution is 0.313. The van der Waals surface area contributed by atoms with E-state index in [1.165, 1.54) is 23.5 Å². The normalized spacial score (nSPS) is 14.6. The van der Waals surface area contributed by atoms with E-state index in [0.717, 1.165) is 0 Å². The standard InChI is InChI=1S/C11H16BrN3O3S/c1-8(6-11(13)14-16)15(2)19(17,18)10-5-3-4-9(12)7-10/h3-5,7-8,16H,6H2,1-2H3,(H2,13,14). The molecular formula is C11H16BrN3O3S. The fourth-order valence-corrected chi connectivity index (χ4v) is 3.46. The third-order valence-corrected chi connectivity index (χ3v) is 5.19. The number of rotatable bonds is 5. The molecule has 0 aromatic heterocycles. The van der Waals surface area contributed by atoms with E-state index in [9.17, 15) is 8.42 Å². The van der Waals surface area contributed by atoms with Crippen LogP contribution in [0, 0.1) is 0 Å². The largest absolute Gasteiger partial charge is 0.409 e. The van der Waals surface area contributed by atoms with E-state index in [2.05, 4.69) is 21.1 Å². The van der Waals surface area contributed by atoms with Gasteiger partial charge in [0.15, 0.2) is 0 Å². The molecule has 19 heavy (non-hydrogen) atoms. The van der Waals surface area contributed by atoms with Crippen LogP contribution in [-0.4, -0.2) is 36.9 Å². The van der Waals surface area contributed by atoms with E-state index >= 15 is 0 Å². The molecule has 8 heteroatoms. The van der Waals surface area contributed by atoms with Crippen LogP contribution in [0.25, 0.3) is 0 Å². The van der Waals surface area contributed by atoms with Crippen molar-refractivity contribution < 1.29 is 13.6 Å². The molecule has 0 bridgehead atoms. The first-order valence-electron chi connectivity index (χ1n) is 5.49. The van der Waals surface area contributed by atoms with E-state index in [4.69, 9.17) is 10.9 Å². The minimum absolute atomic E-state index is 0.0104. The quantitative estimate of drug-likeness (QED) is 0.365. The van der Waals surface area contributed by atoms with Gasteiger partial charge in [0.25, 0.3) is 0 Å². The molecule has 0 fully saturated rings. The summed E-state index contributed by atoms with van der Waals surface area (Å²) in [5.41, 5.74) is 5.39. The highest BCUT2D eigenvalue weighted by molar-refractivity contribution is 9.10. The Morgan fingerprint density at radius 2 is 2.21 bits per heavy atom. The average Bonchev–Trinajstić information content (AvgIpc) is 2.37. The van der Waals surface area contributed by atoms with Crippen LogP contribution in [0.5, 0.6) is 0 Å². The number of benzene rings is 1. The zero-order valence-electron chi connectivity index (χ0n) is 10.6. The number of oxime groups is 1. The lowest BCUT2D eigenvalue weighted by Crippen LogP contribution is -2.37. The maximum atomic E-state index is 12.4. The Kier molecular flexibility index (Phi) is 5.33. The molecule has 1 unspecified atom stereocenters. The summed E-state index contributed by atoms with van der Waals surface area (Å²) < 4.78 is 26.6. The monoisotopic (exact) mass is 349 g/mol. The smallest absolute Gasteiger partial charge is 0.243 e. The molecule has 1 aromatic rings. The van der Waals surface area contributed by atoms with Crippen molar-refractivity contribution in [1.82, 2.24) is 4.31 Å². The molecular weight excluding hydrogens is 334 g/mol. The average molecular weight is 350 g/mol. The molecule has 1 aromatic carbocycles. The van der Waals surface area contributed by atoms with Crippen LogP contribution in [0.1, 0.15) is 13.3 Å². The van der Waals surface area contributed by atoms with Gasteiger partial charge in [-0.1, -0.05) is 27.2 Å². The van der Waals surface area contributed by atoms with Crippen molar-refractivity contribution in [1.29, 1.82) is 0 Å². The number of hydrogen-bond acceptors (Lipinski definition) is 4. The molecule has 0 aliphatic carbocycles. The summed E-state index contributed by atoms with van der Waals surface area (Å²) in [5, 5.41) is 11.4. The van der Waals surface area contributed by atoms with Crippen molar-refractivity contribution in [3.05, 3.63) is 28.7 Å².